The van der Waals surface area contributed by atoms with Gasteiger partial charge in [0.25, 0.3) is 0 Å². The summed E-state index contributed by atoms with van der Waals surface area (Å²) in [6.07, 6.45) is 3.32. The molecule has 3 aromatic rings. The molecule has 7 heteroatoms. The molecule has 0 aliphatic carbocycles. The average Bonchev–Trinajstić information content (AvgIpc) is 2.73. The van der Waals surface area contributed by atoms with Crippen LogP contribution in [0.3, 0.4) is 0 Å². The van der Waals surface area contributed by atoms with Gasteiger partial charge in [-0.05, 0) is 29.8 Å². The van der Waals surface area contributed by atoms with Gasteiger partial charge >= 0.3 is 0 Å². The molecule has 0 spiro atoms. The summed E-state index contributed by atoms with van der Waals surface area (Å²) in [5, 5.41) is 16.5. The molecule has 0 bridgehead atoms. The van der Waals surface area contributed by atoms with Gasteiger partial charge in [-0.15, -0.1) is 0 Å². The van der Waals surface area contributed by atoms with E-state index in [9.17, 15) is 10.1 Å². The molecule has 1 aromatic heterocycles. The molecule has 0 saturated carbocycles. The van der Waals surface area contributed by atoms with Gasteiger partial charge in [0.15, 0.2) is 6.19 Å². The Labute approximate surface area is 187 Å². The minimum absolute atomic E-state index is 0.165. The van der Waals surface area contributed by atoms with Gasteiger partial charge in [-0.3, -0.25) is 15.1 Å². The molecule has 1 heterocycles. The molecule has 2 aromatic carbocycles. The fraction of sp³-hybridized carbons (Fsp3) is 0.250. The number of fused-ring (bicyclic) bond motifs is 1. The fourth-order valence-electron chi connectivity index (χ4n) is 3.09. The average molecular weight is 434 g/mol. The van der Waals surface area contributed by atoms with E-state index < -0.39 is 6.17 Å². The maximum absolute atomic E-state index is 12.7. The molecular weight excluding hydrogens is 410 g/mol. The van der Waals surface area contributed by atoms with Crippen molar-refractivity contribution in [3.05, 3.63) is 76.9 Å². The molecule has 0 saturated heterocycles. The van der Waals surface area contributed by atoms with E-state index in [0.717, 1.165) is 22.0 Å². The minimum Gasteiger partial charge on any atom is -0.333 e. The van der Waals surface area contributed by atoms with Gasteiger partial charge in [-0.2, -0.15) is 5.26 Å². The Hall–Kier alpha value is -3.43. The molecule has 158 valence electrons. The normalized spacial score (nSPS) is 12.8. The van der Waals surface area contributed by atoms with Crippen LogP contribution in [-0.2, 0) is 11.2 Å². The number of pyridine rings is 1. The number of carbonyl (C=O) groups is 1. The third kappa shape index (κ3) is 5.80. The maximum atomic E-state index is 12.7. The second-order valence-electron chi connectivity index (χ2n) is 8.23. The van der Waals surface area contributed by atoms with Crippen molar-refractivity contribution >= 4 is 34.2 Å². The third-order valence-electron chi connectivity index (χ3n) is 4.73. The summed E-state index contributed by atoms with van der Waals surface area (Å²) in [6.45, 7) is 5.95. The molecule has 6 nitrogen and oxygen atoms in total. The lowest BCUT2D eigenvalue weighted by Crippen LogP contribution is -2.44. The van der Waals surface area contributed by atoms with E-state index in [0.29, 0.717) is 10.9 Å². The van der Waals surface area contributed by atoms with Crippen molar-refractivity contribution in [1.29, 1.82) is 5.26 Å². The summed E-state index contributed by atoms with van der Waals surface area (Å²) in [5.74, 6) is 0.217. The summed E-state index contributed by atoms with van der Waals surface area (Å²) in [7, 11) is 0. The lowest BCUT2D eigenvalue weighted by atomic mass is 9.92. The van der Waals surface area contributed by atoms with Crippen LogP contribution in [0.4, 0.5) is 0 Å². The van der Waals surface area contributed by atoms with E-state index in [4.69, 9.17) is 16.6 Å². The molecule has 1 unspecified atom stereocenters. The van der Waals surface area contributed by atoms with Crippen molar-refractivity contribution in [2.75, 3.05) is 0 Å². The lowest BCUT2D eigenvalue weighted by molar-refractivity contribution is -0.121. The van der Waals surface area contributed by atoms with E-state index in [1.807, 2.05) is 69.4 Å². The number of rotatable bonds is 5. The van der Waals surface area contributed by atoms with Crippen molar-refractivity contribution in [2.24, 2.45) is 10.4 Å². The molecule has 3 rings (SSSR count). The molecule has 0 radical (unpaired) electrons. The number of nitrogens with zero attached hydrogens (tertiary/aromatic N) is 3. The van der Waals surface area contributed by atoms with Crippen LogP contribution in [-0.4, -0.2) is 22.9 Å². The number of hydrogen-bond donors (Lipinski definition) is 2. The monoisotopic (exact) mass is 433 g/mol. The number of hydrogen-bond acceptors (Lipinski definition) is 4. The van der Waals surface area contributed by atoms with Gasteiger partial charge < -0.3 is 5.32 Å². The summed E-state index contributed by atoms with van der Waals surface area (Å²) in [6, 6.07) is 16.6. The summed E-state index contributed by atoms with van der Waals surface area (Å²) in [5.41, 5.74) is 2.01. The van der Waals surface area contributed by atoms with Crippen LogP contribution >= 0.6 is 11.6 Å². The van der Waals surface area contributed by atoms with Gasteiger partial charge in [0.05, 0.1) is 11.9 Å². The Bertz CT molecular complexity index is 1140. The zero-order chi connectivity index (χ0) is 22.4. The Morgan fingerprint density at radius 3 is 2.58 bits per heavy atom. The van der Waals surface area contributed by atoms with Gasteiger partial charge in [0.2, 0.25) is 5.91 Å². The van der Waals surface area contributed by atoms with Gasteiger partial charge in [-0.25, -0.2) is 4.99 Å². The zero-order valence-corrected chi connectivity index (χ0v) is 18.4. The molecule has 1 atom stereocenters. The minimum atomic E-state index is -0.560. The van der Waals surface area contributed by atoms with Crippen LogP contribution in [0.25, 0.3) is 10.9 Å². The van der Waals surface area contributed by atoms with Crippen LogP contribution in [0.5, 0.6) is 0 Å². The SMILES string of the molecule is CC(C)(C)C(N=C(NC#N)c1cccc2ncccc12)NC(=O)Cc1ccc(Cl)cc1. The van der Waals surface area contributed by atoms with Crippen LogP contribution in [0, 0.1) is 16.9 Å². The van der Waals surface area contributed by atoms with Gasteiger partial charge in [0, 0.05) is 27.6 Å². The smallest absolute Gasteiger partial charge is 0.226 e. The summed E-state index contributed by atoms with van der Waals surface area (Å²) < 4.78 is 0. The number of halogens is 1. The second kappa shape index (κ2) is 9.59. The highest BCUT2D eigenvalue weighted by Crippen LogP contribution is 2.23. The molecule has 2 N–H and O–H groups in total. The van der Waals surface area contributed by atoms with Crippen LogP contribution in [0.2, 0.25) is 5.02 Å². The van der Waals surface area contributed by atoms with Crippen LogP contribution in [0.1, 0.15) is 31.9 Å². The predicted octanol–water partition coefficient (Wildman–Crippen LogP) is 4.44. The number of amidine groups is 1. The first-order valence-electron chi connectivity index (χ1n) is 9.89. The molecule has 0 aliphatic rings. The maximum Gasteiger partial charge on any atom is 0.226 e. The van der Waals surface area contributed by atoms with Gasteiger partial charge in [-0.1, -0.05) is 62.7 Å². The predicted molar refractivity (Wildman–Crippen MR) is 124 cm³/mol. The van der Waals surface area contributed by atoms with E-state index in [2.05, 4.69) is 15.6 Å². The van der Waals surface area contributed by atoms with E-state index in [-0.39, 0.29) is 17.7 Å². The highest BCUT2D eigenvalue weighted by atomic mass is 35.5. The standard InChI is InChI=1S/C24H24ClN5O/c1-24(2,3)23(29-21(31)14-16-9-11-17(25)12-10-16)30-22(28-15-26)19-6-4-8-20-18(19)7-5-13-27-20/h4-13,23H,14H2,1-3H3,(H,28,30)(H,29,31). The van der Waals surface area contributed by atoms with E-state index in [1.165, 1.54) is 0 Å². The van der Waals surface area contributed by atoms with Crippen LogP contribution in [0.15, 0.2) is 65.8 Å². The topological polar surface area (TPSA) is 90.2 Å². The van der Waals surface area contributed by atoms with Crippen molar-refractivity contribution in [3.63, 3.8) is 0 Å². The first kappa shape index (κ1) is 22.3. The van der Waals surface area contributed by atoms with Crippen LogP contribution < -0.4 is 10.6 Å². The van der Waals surface area contributed by atoms with Gasteiger partial charge in [0.1, 0.15) is 12.0 Å². The summed E-state index contributed by atoms with van der Waals surface area (Å²) >= 11 is 5.92. The third-order valence-corrected chi connectivity index (χ3v) is 4.98. The molecule has 31 heavy (non-hydrogen) atoms. The lowest BCUT2D eigenvalue weighted by Gasteiger charge is -2.29. The van der Waals surface area contributed by atoms with Crippen molar-refractivity contribution in [3.8, 4) is 6.19 Å². The highest BCUT2D eigenvalue weighted by molar-refractivity contribution is 6.30. The Balaban J connectivity index is 1.93. The Morgan fingerprint density at radius 1 is 1.16 bits per heavy atom. The Kier molecular flexibility index (Phi) is 6.88. The number of nitriles is 1. The molecule has 0 aliphatic heterocycles. The highest BCUT2D eigenvalue weighted by Gasteiger charge is 2.27. The number of aliphatic imine (C=N–C) groups is 1. The zero-order valence-electron chi connectivity index (χ0n) is 17.7. The fourth-order valence-corrected chi connectivity index (χ4v) is 3.22. The molecule has 1 amide bonds. The van der Waals surface area contributed by atoms with Crippen molar-refractivity contribution < 1.29 is 4.79 Å². The number of aromatic nitrogens is 1. The Morgan fingerprint density at radius 2 is 1.90 bits per heavy atom. The number of amides is 1. The largest absolute Gasteiger partial charge is 0.333 e. The van der Waals surface area contributed by atoms with Crippen molar-refractivity contribution in [2.45, 2.75) is 33.4 Å². The van der Waals surface area contributed by atoms with Crippen molar-refractivity contribution in [1.82, 2.24) is 15.6 Å². The number of benzene rings is 2. The number of nitrogens with one attached hydrogen (secondary N) is 2. The summed E-state index contributed by atoms with van der Waals surface area (Å²) in [4.78, 5) is 21.9. The van der Waals surface area contributed by atoms with E-state index in [1.54, 1.807) is 18.3 Å². The number of carbonyl (C=O) groups excluding carboxylic acids is 1. The molecular formula is C24H24ClN5O. The van der Waals surface area contributed by atoms with E-state index >= 15 is 0 Å². The molecule has 0 fully saturated rings. The second-order valence-corrected chi connectivity index (χ2v) is 8.67. The first-order valence-corrected chi connectivity index (χ1v) is 10.3. The quantitative estimate of drug-likeness (QED) is 0.269. The first-order chi connectivity index (χ1) is 14.8.